The maximum Gasteiger partial charge on any atom is 0.571 e. The van der Waals surface area contributed by atoms with Crippen LogP contribution in [0.15, 0.2) is 12.2 Å². The lowest BCUT2D eigenvalue weighted by Gasteiger charge is -2.27. The van der Waals surface area contributed by atoms with Gasteiger partial charge < -0.3 is 18.0 Å². The monoisotopic (exact) mass is 290 g/mol. The van der Waals surface area contributed by atoms with E-state index in [4.69, 9.17) is 18.0 Å². The predicted octanol–water partition coefficient (Wildman–Crippen LogP) is 1.68. The minimum absolute atomic E-state index is 0.0607. The molecule has 0 rings (SSSR count). The van der Waals surface area contributed by atoms with Crippen LogP contribution < -0.4 is 0 Å². The van der Waals surface area contributed by atoms with Crippen LogP contribution in [0.2, 0.25) is 6.04 Å². The van der Waals surface area contributed by atoms with Gasteiger partial charge in [0, 0.05) is 25.7 Å². The zero-order valence-electron chi connectivity index (χ0n) is 12.0. The van der Waals surface area contributed by atoms with E-state index in [2.05, 4.69) is 6.58 Å². The summed E-state index contributed by atoms with van der Waals surface area (Å²) in [5, 5.41) is 0. The second kappa shape index (κ2) is 8.84. The highest BCUT2D eigenvalue weighted by atomic mass is 28.4. The van der Waals surface area contributed by atoms with Crippen molar-refractivity contribution in [2.75, 3.05) is 19.8 Å². The summed E-state index contributed by atoms with van der Waals surface area (Å²) in [7, 11) is -3.12. The molecule has 0 aromatic carbocycles. The van der Waals surface area contributed by atoms with Crippen LogP contribution in [0, 0.1) is 0 Å². The van der Waals surface area contributed by atoms with Gasteiger partial charge in [-0.05, 0) is 20.8 Å². The van der Waals surface area contributed by atoms with E-state index >= 15 is 0 Å². The van der Waals surface area contributed by atoms with Gasteiger partial charge in [0.1, 0.15) is 0 Å². The Bertz CT molecular complexity index is 322. The van der Waals surface area contributed by atoms with Crippen molar-refractivity contribution in [1.29, 1.82) is 0 Å². The summed E-state index contributed by atoms with van der Waals surface area (Å²) in [5.74, 6) is -0.960. The predicted molar refractivity (Wildman–Crippen MR) is 71.4 cm³/mol. The molecule has 110 valence electrons. The Morgan fingerprint density at radius 3 is 2.00 bits per heavy atom. The van der Waals surface area contributed by atoms with Crippen LogP contribution in [0.4, 0.5) is 0 Å². The summed E-state index contributed by atoms with van der Waals surface area (Å²) in [6, 6.07) is 0.229. The zero-order chi connectivity index (χ0) is 14.9. The van der Waals surface area contributed by atoms with Gasteiger partial charge in [0.2, 0.25) is 0 Å². The number of hydrogen-bond donors (Lipinski definition) is 0. The minimum Gasteiger partial charge on any atom is -0.473 e. The van der Waals surface area contributed by atoms with Crippen molar-refractivity contribution in [2.24, 2.45) is 0 Å². The van der Waals surface area contributed by atoms with E-state index in [-0.39, 0.29) is 12.7 Å². The van der Waals surface area contributed by atoms with E-state index in [0.717, 1.165) is 0 Å². The molecule has 0 heterocycles. The molecule has 0 bridgehead atoms. The van der Waals surface area contributed by atoms with Crippen molar-refractivity contribution < 1.29 is 27.6 Å². The Balaban J connectivity index is 4.58. The van der Waals surface area contributed by atoms with Crippen molar-refractivity contribution in [1.82, 2.24) is 0 Å². The highest BCUT2D eigenvalue weighted by Crippen LogP contribution is 2.16. The van der Waals surface area contributed by atoms with E-state index < -0.39 is 20.7 Å². The largest absolute Gasteiger partial charge is 0.571 e. The highest BCUT2D eigenvalue weighted by Gasteiger charge is 2.44. The van der Waals surface area contributed by atoms with Gasteiger partial charge in [0.05, 0.1) is 12.7 Å². The average molecular weight is 290 g/mol. The lowest BCUT2D eigenvalue weighted by molar-refractivity contribution is -0.139. The Kier molecular flexibility index (Phi) is 8.29. The summed E-state index contributed by atoms with van der Waals surface area (Å²) in [5.41, 5.74) is 0.313. The van der Waals surface area contributed by atoms with Gasteiger partial charge >= 0.3 is 14.8 Å². The van der Waals surface area contributed by atoms with E-state index in [0.29, 0.717) is 18.8 Å². The molecular formula is C12H22O6Si. The molecule has 0 N–H and O–H groups in total. The first-order valence-corrected chi connectivity index (χ1v) is 8.10. The molecule has 7 heteroatoms. The molecule has 19 heavy (non-hydrogen) atoms. The molecule has 0 aromatic heterocycles. The van der Waals surface area contributed by atoms with Crippen molar-refractivity contribution in [3.63, 3.8) is 0 Å². The number of hydrogen-bond acceptors (Lipinski definition) is 6. The van der Waals surface area contributed by atoms with E-state index in [9.17, 15) is 9.59 Å². The van der Waals surface area contributed by atoms with Gasteiger partial charge in [0.15, 0.2) is 0 Å². The third-order valence-corrected chi connectivity index (χ3v) is 4.89. The fourth-order valence-electron chi connectivity index (χ4n) is 1.35. The van der Waals surface area contributed by atoms with Gasteiger partial charge in [0.25, 0.3) is 5.97 Å². The molecule has 0 aliphatic rings. The van der Waals surface area contributed by atoms with Crippen molar-refractivity contribution in [3.8, 4) is 0 Å². The molecule has 0 saturated heterocycles. The van der Waals surface area contributed by atoms with E-state index in [1.165, 1.54) is 6.92 Å². The molecule has 0 spiro atoms. The number of carbonyl (C=O) groups is 2. The summed E-state index contributed by atoms with van der Waals surface area (Å²) in [6.45, 7) is 10.7. The molecule has 0 fully saturated rings. The minimum atomic E-state index is -3.12. The molecule has 0 aromatic rings. The fourth-order valence-corrected chi connectivity index (χ4v) is 3.61. The topological polar surface area (TPSA) is 71.1 Å². The molecule has 0 atom stereocenters. The molecule has 0 amide bonds. The first-order chi connectivity index (χ1) is 8.87. The molecular weight excluding hydrogens is 268 g/mol. The molecule has 0 aliphatic carbocycles. The number of ether oxygens (including phenoxy) is 1. The van der Waals surface area contributed by atoms with Crippen molar-refractivity contribution in [3.05, 3.63) is 12.2 Å². The number of carbonyl (C=O) groups excluding carboxylic acids is 2. The third kappa shape index (κ3) is 7.09. The van der Waals surface area contributed by atoms with Crippen molar-refractivity contribution >= 4 is 20.7 Å². The first-order valence-electron chi connectivity index (χ1n) is 6.17. The van der Waals surface area contributed by atoms with Gasteiger partial charge in [-0.25, -0.2) is 4.79 Å². The molecule has 0 aliphatic heterocycles. The Hall–Kier alpha value is -1.18. The summed E-state index contributed by atoms with van der Waals surface area (Å²) >= 11 is 0. The van der Waals surface area contributed by atoms with Crippen LogP contribution in [0.3, 0.4) is 0 Å². The van der Waals surface area contributed by atoms with Crippen molar-refractivity contribution in [2.45, 2.75) is 33.7 Å². The second-order valence-electron chi connectivity index (χ2n) is 3.81. The first kappa shape index (κ1) is 17.8. The van der Waals surface area contributed by atoms with Crippen LogP contribution in [-0.2, 0) is 27.6 Å². The third-order valence-electron chi connectivity index (χ3n) is 2.02. The molecule has 0 unspecified atom stereocenters. The molecule has 0 saturated carbocycles. The van der Waals surface area contributed by atoms with Crippen LogP contribution in [0.1, 0.15) is 27.7 Å². The smallest absolute Gasteiger partial charge is 0.473 e. The van der Waals surface area contributed by atoms with Crippen LogP contribution in [-0.4, -0.2) is 40.6 Å². The normalized spacial score (nSPS) is 10.9. The van der Waals surface area contributed by atoms with Crippen LogP contribution in [0.25, 0.3) is 0 Å². The summed E-state index contributed by atoms with van der Waals surface area (Å²) < 4.78 is 21.1. The van der Waals surface area contributed by atoms with Crippen LogP contribution >= 0.6 is 0 Å². The highest BCUT2D eigenvalue weighted by molar-refractivity contribution is 6.62. The van der Waals surface area contributed by atoms with E-state index in [1.54, 1.807) is 20.8 Å². The Morgan fingerprint density at radius 1 is 1.11 bits per heavy atom. The van der Waals surface area contributed by atoms with Gasteiger partial charge in [-0.3, -0.25) is 4.79 Å². The van der Waals surface area contributed by atoms with Gasteiger partial charge in [-0.15, -0.1) is 0 Å². The lowest BCUT2D eigenvalue weighted by Crippen LogP contribution is -2.48. The summed E-state index contributed by atoms with van der Waals surface area (Å²) in [4.78, 5) is 22.4. The van der Waals surface area contributed by atoms with Gasteiger partial charge in [-0.1, -0.05) is 6.58 Å². The standard InChI is InChI=1S/C12H22O6Si/c1-6-16-19(17-7-2,18-11(5)13)9-8-15-12(14)10(3)4/h3,6-9H2,1-2,4-5H3. The molecule has 0 radical (unpaired) electrons. The van der Waals surface area contributed by atoms with Gasteiger partial charge in [-0.2, -0.15) is 0 Å². The fraction of sp³-hybridized carbons (Fsp3) is 0.667. The maximum atomic E-state index is 11.3. The maximum absolute atomic E-state index is 11.3. The SMILES string of the molecule is C=C(C)C(=O)OCC[Si](OCC)(OCC)OC(C)=O. The number of rotatable bonds is 9. The van der Waals surface area contributed by atoms with E-state index in [1.807, 2.05) is 0 Å². The number of esters is 1. The molecule has 6 nitrogen and oxygen atoms in total. The van der Waals surface area contributed by atoms with Crippen LogP contribution in [0.5, 0.6) is 0 Å². The Morgan fingerprint density at radius 2 is 1.63 bits per heavy atom. The second-order valence-corrected chi connectivity index (χ2v) is 6.46. The zero-order valence-corrected chi connectivity index (χ0v) is 13.0. The Labute approximate surface area is 115 Å². The lowest BCUT2D eigenvalue weighted by atomic mass is 10.4. The average Bonchev–Trinajstić information content (AvgIpc) is 2.28. The quantitative estimate of drug-likeness (QED) is 0.365. The summed E-state index contributed by atoms with van der Waals surface area (Å²) in [6.07, 6.45) is 0.